The van der Waals surface area contributed by atoms with Crippen LogP contribution < -0.4 is 4.90 Å². The number of rotatable bonds is 6. The van der Waals surface area contributed by atoms with E-state index in [-0.39, 0.29) is 23.8 Å². The van der Waals surface area contributed by atoms with Crippen LogP contribution in [0.25, 0.3) is 10.2 Å². The Kier molecular flexibility index (Phi) is 5.58. The zero-order chi connectivity index (χ0) is 24.0. The van der Waals surface area contributed by atoms with Gasteiger partial charge in [0.1, 0.15) is 11.6 Å². The predicted octanol–water partition coefficient (Wildman–Crippen LogP) is 3.40. The highest BCUT2D eigenvalue weighted by atomic mass is 32.1. The molecule has 5 rings (SSSR count). The van der Waals surface area contributed by atoms with Crippen molar-refractivity contribution in [1.82, 2.24) is 9.88 Å². The summed E-state index contributed by atoms with van der Waals surface area (Å²) in [5, 5.41) is 11.9. The zero-order valence-corrected chi connectivity index (χ0v) is 19.0. The van der Waals surface area contributed by atoms with Gasteiger partial charge in [0, 0.05) is 12.7 Å². The molecule has 2 aliphatic rings. The highest BCUT2D eigenvalue weighted by Gasteiger charge is 2.46. The molecule has 174 valence electrons. The van der Waals surface area contributed by atoms with E-state index in [1.807, 2.05) is 24.3 Å². The van der Waals surface area contributed by atoms with Crippen molar-refractivity contribution in [1.29, 1.82) is 0 Å². The first-order chi connectivity index (χ1) is 16.4. The molecule has 0 N–H and O–H groups in total. The maximum atomic E-state index is 13.7. The molecule has 2 aromatic carbocycles. The molecule has 3 aromatic rings. The lowest BCUT2D eigenvalue weighted by atomic mass is 10.1. The van der Waals surface area contributed by atoms with E-state index in [1.54, 1.807) is 0 Å². The SMILES string of the molecule is CC(C(=O)N(CC1CCCO1)c1nc2ccccc2s1)N1C(=O)c2cccc([N+](=O)[O-])c2C1=O. The van der Waals surface area contributed by atoms with Crippen LogP contribution in [0.15, 0.2) is 42.5 Å². The summed E-state index contributed by atoms with van der Waals surface area (Å²) in [4.78, 5) is 57.4. The number of thiazole rings is 1. The van der Waals surface area contributed by atoms with Crippen molar-refractivity contribution in [2.24, 2.45) is 0 Å². The van der Waals surface area contributed by atoms with E-state index in [4.69, 9.17) is 4.74 Å². The largest absolute Gasteiger partial charge is 0.376 e. The van der Waals surface area contributed by atoms with Crippen LogP contribution in [-0.4, -0.2) is 57.8 Å². The molecule has 2 aliphatic heterocycles. The number of nitro benzene ring substituents is 1. The normalized spacial score (nSPS) is 18.4. The quantitative estimate of drug-likeness (QED) is 0.301. The lowest BCUT2D eigenvalue weighted by Crippen LogP contribution is -2.51. The fourth-order valence-corrected chi connectivity index (χ4v) is 5.34. The Bertz CT molecular complexity index is 1300. The van der Waals surface area contributed by atoms with E-state index in [2.05, 4.69) is 4.98 Å². The topological polar surface area (TPSA) is 123 Å². The zero-order valence-electron chi connectivity index (χ0n) is 18.2. The summed E-state index contributed by atoms with van der Waals surface area (Å²) in [5.41, 5.74) is -0.0932. The molecule has 2 unspecified atom stereocenters. The molecular weight excluding hydrogens is 460 g/mol. The average Bonchev–Trinajstić information content (AvgIpc) is 3.55. The van der Waals surface area contributed by atoms with Gasteiger partial charge < -0.3 is 4.74 Å². The van der Waals surface area contributed by atoms with Crippen molar-refractivity contribution >= 4 is 50.1 Å². The molecule has 0 radical (unpaired) electrons. The molecule has 0 bridgehead atoms. The summed E-state index contributed by atoms with van der Waals surface area (Å²) in [6.07, 6.45) is 1.47. The number of benzene rings is 2. The van der Waals surface area contributed by atoms with Gasteiger partial charge in [-0.15, -0.1) is 0 Å². The molecule has 34 heavy (non-hydrogen) atoms. The van der Waals surface area contributed by atoms with Crippen molar-refractivity contribution in [3.05, 3.63) is 63.7 Å². The number of anilines is 1. The lowest BCUT2D eigenvalue weighted by Gasteiger charge is -2.29. The van der Waals surface area contributed by atoms with Crippen LogP contribution in [0.4, 0.5) is 10.8 Å². The third kappa shape index (κ3) is 3.62. The van der Waals surface area contributed by atoms with Gasteiger partial charge in [0.15, 0.2) is 5.13 Å². The van der Waals surface area contributed by atoms with Gasteiger partial charge in [0.25, 0.3) is 23.4 Å². The second-order valence-corrected chi connectivity index (χ2v) is 9.17. The van der Waals surface area contributed by atoms with Crippen molar-refractivity contribution in [3.63, 3.8) is 0 Å². The van der Waals surface area contributed by atoms with Crippen molar-refractivity contribution in [2.45, 2.75) is 31.9 Å². The molecule has 11 heteroatoms. The number of aromatic nitrogens is 1. The molecule has 3 heterocycles. The molecular formula is C23H20N4O6S. The third-order valence-electron chi connectivity index (χ3n) is 6.06. The third-order valence-corrected chi connectivity index (χ3v) is 7.11. The predicted molar refractivity (Wildman–Crippen MR) is 124 cm³/mol. The Hall–Kier alpha value is -3.70. The Labute approximate surface area is 197 Å². The summed E-state index contributed by atoms with van der Waals surface area (Å²) in [7, 11) is 0. The number of carbonyl (C=O) groups is 3. The molecule has 0 aliphatic carbocycles. The Morgan fingerprint density at radius 2 is 2.06 bits per heavy atom. The summed E-state index contributed by atoms with van der Waals surface area (Å²) >= 11 is 1.33. The van der Waals surface area contributed by atoms with Gasteiger partial charge in [-0.25, -0.2) is 4.98 Å². The molecule has 0 saturated carbocycles. The standard InChI is InChI=1S/C23H20N4O6S/c1-13(26-21(29)15-7-4-9-17(27(31)32)19(15)22(26)30)20(28)25(12-14-6-5-11-33-14)23-24-16-8-2-3-10-18(16)34-23/h2-4,7-10,13-14H,5-6,11-12H2,1H3. The van der Waals surface area contributed by atoms with Crippen LogP contribution in [-0.2, 0) is 9.53 Å². The molecule has 3 amide bonds. The number of carbonyl (C=O) groups excluding carboxylic acids is 3. The van der Waals surface area contributed by atoms with Crippen LogP contribution in [0, 0.1) is 10.1 Å². The maximum absolute atomic E-state index is 13.7. The average molecular weight is 481 g/mol. The summed E-state index contributed by atoms with van der Waals surface area (Å²) in [6.45, 7) is 2.28. The van der Waals surface area contributed by atoms with Gasteiger partial charge in [-0.2, -0.15) is 0 Å². The lowest BCUT2D eigenvalue weighted by molar-refractivity contribution is -0.385. The van der Waals surface area contributed by atoms with E-state index in [1.165, 1.54) is 41.4 Å². The van der Waals surface area contributed by atoms with E-state index >= 15 is 0 Å². The fourth-order valence-electron chi connectivity index (χ4n) is 4.36. The smallest absolute Gasteiger partial charge is 0.282 e. The van der Waals surface area contributed by atoms with Gasteiger partial charge in [0.05, 0.1) is 33.4 Å². The van der Waals surface area contributed by atoms with E-state index in [0.717, 1.165) is 28.0 Å². The van der Waals surface area contributed by atoms with Gasteiger partial charge in [0.2, 0.25) is 0 Å². The minimum Gasteiger partial charge on any atom is -0.376 e. The molecule has 2 atom stereocenters. The van der Waals surface area contributed by atoms with Crippen LogP contribution in [0.3, 0.4) is 0 Å². The Morgan fingerprint density at radius 1 is 1.26 bits per heavy atom. The van der Waals surface area contributed by atoms with Crippen molar-refractivity contribution < 1.29 is 24.0 Å². The summed E-state index contributed by atoms with van der Waals surface area (Å²) in [5.74, 6) is -2.09. The second-order valence-electron chi connectivity index (χ2n) is 8.16. The molecule has 0 spiro atoms. The minimum atomic E-state index is -1.19. The fraction of sp³-hybridized carbons (Fsp3) is 0.304. The Balaban J connectivity index is 1.49. The Morgan fingerprint density at radius 3 is 2.76 bits per heavy atom. The van der Waals surface area contributed by atoms with Crippen molar-refractivity contribution in [3.8, 4) is 0 Å². The number of para-hydroxylation sites is 1. The van der Waals surface area contributed by atoms with Gasteiger partial charge in [-0.05, 0) is 38.0 Å². The molecule has 10 nitrogen and oxygen atoms in total. The van der Waals surface area contributed by atoms with Gasteiger partial charge >= 0.3 is 0 Å². The number of nitro groups is 1. The van der Waals surface area contributed by atoms with Gasteiger partial charge in [-0.3, -0.25) is 34.3 Å². The number of nitrogens with zero attached hydrogens (tertiary/aromatic N) is 4. The van der Waals surface area contributed by atoms with E-state index < -0.39 is 34.4 Å². The van der Waals surface area contributed by atoms with Crippen LogP contribution >= 0.6 is 11.3 Å². The van der Waals surface area contributed by atoms with E-state index in [0.29, 0.717) is 11.7 Å². The first kappa shape index (κ1) is 22.1. The highest BCUT2D eigenvalue weighted by molar-refractivity contribution is 7.22. The first-order valence-electron chi connectivity index (χ1n) is 10.8. The first-order valence-corrected chi connectivity index (χ1v) is 11.6. The van der Waals surface area contributed by atoms with Crippen molar-refractivity contribution in [2.75, 3.05) is 18.1 Å². The van der Waals surface area contributed by atoms with E-state index in [9.17, 15) is 24.5 Å². The highest BCUT2D eigenvalue weighted by Crippen LogP contribution is 2.34. The molecule has 1 aromatic heterocycles. The van der Waals surface area contributed by atoms with Crippen LogP contribution in [0.1, 0.15) is 40.5 Å². The number of imide groups is 1. The number of amides is 3. The van der Waals surface area contributed by atoms with Crippen LogP contribution in [0.5, 0.6) is 0 Å². The second kappa shape index (κ2) is 8.58. The number of hydrogen-bond acceptors (Lipinski definition) is 8. The summed E-state index contributed by atoms with van der Waals surface area (Å²) in [6, 6.07) is 10.2. The number of ether oxygens (including phenoxy) is 1. The minimum absolute atomic E-state index is 0.0792. The summed E-state index contributed by atoms with van der Waals surface area (Å²) < 4.78 is 6.62. The molecule has 1 saturated heterocycles. The van der Waals surface area contributed by atoms with Crippen LogP contribution in [0.2, 0.25) is 0 Å². The monoisotopic (exact) mass is 480 g/mol. The maximum Gasteiger partial charge on any atom is 0.282 e. The van der Waals surface area contributed by atoms with Gasteiger partial charge in [-0.1, -0.05) is 29.5 Å². The number of hydrogen-bond donors (Lipinski definition) is 0. The molecule has 1 fully saturated rings. The number of fused-ring (bicyclic) bond motifs is 2.